The van der Waals surface area contributed by atoms with Crippen LogP contribution in [0.25, 0.3) is 0 Å². The van der Waals surface area contributed by atoms with Crippen LogP contribution in [-0.2, 0) is 6.54 Å². The fourth-order valence-corrected chi connectivity index (χ4v) is 2.78. The molecule has 130 valence electrons. The second kappa shape index (κ2) is 9.92. The quantitative estimate of drug-likeness (QED) is 0.331. The van der Waals surface area contributed by atoms with E-state index in [1.165, 1.54) is 17.3 Å². The van der Waals surface area contributed by atoms with Gasteiger partial charge in [-0.1, -0.05) is 18.2 Å². The Kier molecular flexibility index (Phi) is 7.54. The summed E-state index contributed by atoms with van der Waals surface area (Å²) in [5.41, 5.74) is 0. The topological polar surface area (TPSA) is 54.2 Å². The van der Waals surface area contributed by atoms with E-state index >= 15 is 0 Å². The molecule has 0 bridgehead atoms. The van der Waals surface area contributed by atoms with Gasteiger partial charge in [-0.25, -0.2) is 9.98 Å². The molecule has 0 radical (unpaired) electrons. The van der Waals surface area contributed by atoms with Gasteiger partial charge in [-0.15, -0.1) is 11.8 Å². The fourth-order valence-electron chi connectivity index (χ4n) is 1.99. The van der Waals surface area contributed by atoms with Gasteiger partial charge in [-0.2, -0.15) is 8.78 Å². The van der Waals surface area contributed by atoms with E-state index in [-0.39, 0.29) is 12.4 Å². The third-order valence-electron chi connectivity index (χ3n) is 3.09. The molecule has 0 saturated carbocycles. The minimum atomic E-state index is -2.60. The standard InChI is InChI=1S/C16H21F2N5S/c1-2-19-16(21-9-11-24-13-6-4-3-5-7-13)22-12-14-20-8-10-23(14)15(17)18/h3-8,10,15H,2,9,11-12H2,1H3,(H2,19,21,22). The molecule has 2 N–H and O–H groups in total. The molecular weight excluding hydrogens is 332 g/mol. The normalized spacial score (nSPS) is 11.8. The number of thioether (sulfide) groups is 1. The predicted octanol–water partition coefficient (Wildman–Crippen LogP) is 3.13. The zero-order valence-electron chi connectivity index (χ0n) is 13.5. The van der Waals surface area contributed by atoms with Crippen molar-refractivity contribution in [3.63, 3.8) is 0 Å². The summed E-state index contributed by atoms with van der Waals surface area (Å²) >= 11 is 1.74. The molecule has 1 heterocycles. The number of halogens is 2. The Bertz CT molecular complexity index is 630. The molecule has 0 aliphatic rings. The molecule has 0 fully saturated rings. The van der Waals surface area contributed by atoms with Gasteiger partial charge in [0.1, 0.15) is 12.4 Å². The maximum absolute atomic E-state index is 12.8. The van der Waals surface area contributed by atoms with E-state index in [2.05, 4.69) is 32.7 Å². The second-order valence-electron chi connectivity index (χ2n) is 4.81. The lowest BCUT2D eigenvalue weighted by Crippen LogP contribution is -2.38. The first-order valence-electron chi connectivity index (χ1n) is 7.70. The smallest absolute Gasteiger partial charge is 0.319 e. The Hall–Kier alpha value is -2.09. The number of rotatable bonds is 8. The van der Waals surface area contributed by atoms with E-state index in [1.807, 2.05) is 25.1 Å². The number of aromatic nitrogens is 2. The molecule has 2 rings (SSSR count). The number of aliphatic imine (C=N–C) groups is 1. The van der Waals surface area contributed by atoms with Crippen molar-refractivity contribution >= 4 is 17.7 Å². The van der Waals surface area contributed by atoms with E-state index in [1.54, 1.807) is 11.8 Å². The zero-order valence-corrected chi connectivity index (χ0v) is 14.3. The Labute approximate surface area is 144 Å². The maximum Gasteiger partial charge on any atom is 0.319 e. The molecule has 0 aliphatic heterocycles. The number of nitrogens with one attached hydrogen (secondary N) is 2. The molecule has 0 aliphatic carbocycles. The van der Waals surface area contributed by atoms with Gasteiger partial charge in [0.2, 0.25) is 0 Å². The molecule has 2 aromatic rings. The summed E-state index contributed by atoms with van der Waals surface area (Å²) in [6.07, 6.45) is 2.61. The van der Waals surface area contributed by atoms with Crippen molar-refractivity contribution in [1.29, 1.82) is 0 Å². The summed E-state index contributed by atoms with van der Waals surface area (Å²) in [6, 6.07) is 10.1. The third-order valence-corrected chi connectivity index (χ3v) is 4.10. The van der Waals surface area contributed by atoms with Gasteiger partial charge < -0.3 is 10.6 Å². The summed E-state index contributed by atoms with van der Waals surface area (Å²) in [7, 11) is 0. The summed E-state index contributed by atoms with van der Waals surface area (Å²) in [6.45, 7) is 0.861. The minimum Gasteiger partial charge on any atom is -0.357 e. The highest BCUT2D eigenvalue weighted by atomic mass is 32.2. The van der Waals surface area contributed by atoms with Gasteiger partial charge in [0.15, 0.2) is 5.96 Å². The highest BCUT2D eigenvalue weighted by Gasteiger charge is 2.10. The first-order valence-corrected chi connectivity index (χ1v) is 8.69. The van der Waals surface area contributed by atoms with Crippen molar-refractivity contribution in [3.05, 3.63) is 48.5 Å². The van der Waals surface area contributed by atoms with Crippen LogP contribution in [-0.4, -0.2) is 34.4 Å². The van der Waals surface area contributed by atoms with Crippen LogP contribution in [0.15, 0.2) is 52.6 Å². The molecule has 0 amide bonds. The molecular formula is C16H21F2N5S. The lowest BCUT2D eigenvalue weighted by atomic mass is 10.4. The van der Waals surface area contributed by atoms with Crippen LogP contribution < -0.4 is 10.6 Å². The summed E-state index contributed by atoms with van der Waals surface area (Å²) in [4.78, 5) is 9.44. The highest BCUT2D eigenvalue weighted by molar-refractivity contribution is 7.99. The maximum atomic E-state index is 12.8. The van der Waals surface area contributed by atoms with Crippen LogP contribution in [0.3, 0.4) is 0 Å². The summed E-state index contributed by atoms with van der Waals surface area (Å²) < 4.78 is 26.4. The van der Waals surface area contributed by atoms with Crippen molar-refractivity contribution in [2.24, 2.45) is 4.99 Å². The number of alkyl halides is 2. The van der Waals surface area contributed by atoms with E-state index < -0.39 is 6.55 Å². The van der Waals surface area contributed by atoms with Crippen LogP contribution in [0.2, 0.25) is 0 Å². The summed E-state index contributed by atoms with van der Waals surface area (Å²) in [5.74, 6) is 1.70. The Morgan fingerprint density at radius 1 is 1.29 bits per heavy atom. The largest absolute Gasteiger partial charge is 0.357 e. The van der Waals surface area contributed by atoms with E-state index in [0.29, 0.717) is 19.0 Å². The third kappa shape index (κ3) is 5.84. The fraction of sp³-hybridized carbons (Fsp3) is 0.375. The minimum absolute atomic E-state index is 0.0957. The Morgan fingerprint density at radius 2 is 2.08 bits per heavy atom. The first-order chi connectivity index (χ1) is 11.7. The first kappa shape index (κ1) is 18.3. The van der Waals surface area contributed by atoms with Crippen molar-refractivity contribution in [2.45, 2.75) is 24.9 Å². The number of nitrogens with zero attached hydrogens (tertiary/aromatic N) is 3. The average molecular weight is 353 g/mol. The number of hydrogen-bond donors (Lipinski definition) is 2. The van der Waals surface area contributed by atoms with Crippen molar-refractivity contribution < 1.29 is 8.78 Å². The summed E-state index contributed by atoms with van der Waals surface area (Å²) in [5, 5.41) is 6.29. The van der Waals surface area contributed by atoms with E-state index in [0.717, 1.165) is 10.3 Å². The molecule has 0 atom stereocenters. The van der Waals surface area contributed by atoms with Gasteiger partial charge in [0, 0.05) is 36.1 Å². The van der Waals surface area contributed by atoms with Crippen LogP contribution in [0.1, 0.15) is 19.3 Å². The van der Waals surface area contributed by atoms with Gasteiger partial charge >= 0.3 is 6.55 Å². The predicted molar refractivity (Wildman–Crippen MR) is 93.5 cm³/mol. The Morgan fingerprint density at radius 3 is 2.79 bits per heavy atom. The highest BCUT2D eigenvalue weighted by Crippen LogP contribution is 2.15. The van der Waals surface area contributed by atoms with Crippen LogP contribution in [0, 0.1) is 0 Å². The molecule has 1 aromatic heterocycles. The van der Waals surface area contributed by atoms with Crippen LogP contribution in [0.4, 0.5) is 8.78 Å². The molecule has 0 saturated heterocycles. The zero-order chi connectivity index (χ0) is 17.2. The number of imidazole rings is 1. The monoisotopic (exact) mass is 353 g/mol. The van der Waals surface area contributed by atoms with E-state index in [9.17, 15) is 8.78 Å². The lowest BCUT2D eigenvalue weighted by Gasteiger charge is -2.11. The van der Waals surface area contributed by atoms with E-state index in [4.69, 9.17) is 0 Å². The second-order valence-corrected chi connectivity index (χ2v) is 5.98. The lowest BCUT2D eigenvalue weighted by molar-refractivity contribution is 0.0671. The SMILES string of the molecule is CCNC(=NCc1nccn1C(F)F)NCCSc1ccccc1. The molecule has 0 spiro atoms. The van der Waals surface area contributed by atoms with Crippen LogP contribution in [0.5, 0.6) is 0 Å². The molecule has 1 aromatic carbocycles. The number of guanidine groups is 1. The average Bonchev–Trinajstić information content (AvgIpc) is 3.06. The molecule has 0 unspecified atom stereocenters. The van der Waals surface area contributed by atoms with Crippen molar-refractivity contribution in [1.82, 2.24) is 20.2 Å². The van der Waals surface area contributed by atoms with Crippen molar-refractivity contribution in [3.8, 4) is 0 Å². The molecule has 5 nitrogen and oxygen atoms in total. The molecule has 24 heavy (non-hydrogen) atoms. The Balaban J connectivity index is 1.83. The number of benzene rings is 1. The van der Waals surface area contributed by atoms with Crippen LogP contribution >= 0.6 is 11.8 Å². The molecule has 8 heteroatoms. The van der Waals surface area contributed by atoms with Gasteiger partial charge in [-0.05, 0) is 19.1 Å². The number of hydrogen-bond acceptors (Lipinski definition) is 3. The van der Waals surface area contributed by atoms with Gasteiger partial charge in [-0.3, -0.25) is 4.57 Å². The van der Waals surface area contributed by atoms with Crippen molar-refractivity contribution in [2.75, 3.05) is 18.8 Å². The van der Waals surface area contributed by atoms with Gasteiger partial charge in [0.05, 0.1) is 0 Å². The van der Waals surface area contributed by atoms with Gasteiger partial charge in [0.25, 0.3) is 0 Å².